The molecule has 0 aliphatic heterocycles. The molecule has 6 heteroatoms. The Morgan fingerprint density at radius 3 is 2.73 bits per heavy atom. The second-order valence-electron chi connectivity index (χ2n) is 4.85. The van der Waals surface area contributed by atoms with Gasteiger partial charge >= 0.3 is 0 Å². The van der Waals surface area contributed by atoms with Crippen molar-refractivity contribution >= 4 is 18.3 Å². The van der Waals surface area contributed by atoms with Crippen LogP contribution in [0.15, 0.2) is 41.0 Å². The van der Waals surface area contributed by atoms with Crippen LogP contribution in [0.25, 0.3) is 0 Å². The minimum absolute atomic E-state index is 0. The highest BCUT2D eigenvalue weighted by molar-refractivity contribution is 5.93. The van der Waals surface area contributed by atoms with Gasteiger partial charge in [-0.2, -0.15) is 0 Å². The SMILES string of the molecule is Cc1ccccc1OCCN(C)C(=O)c1coc(CN)c1.Cl. The van der Waals surface area contributed by atoms with Crippen molar-refractivity contribution in [2.45, 2.75) is 13.5 Å². The van der Waals surface area contributed by atoms with Gasteiger partial charge in [0.1, 0.15) is 24.4 Å². The number of amides is 1. The molecule has 0 unspecified atom stereocenters. The summed E-state index contributed by atoms with van der Waals surface area (Å²) in [5.74, 6) is 1.34. The fourth-order valence-corrected chi connectivity index (χ4v) is 1.93. The van der Waals surface area contributed by atoms with Gasteiger partial charge in [-0.3, -0.25) is 4.79 Å². The second kappa shape index (κ2) is 8.46. The van der Waals surface area contributed by atoms with E-state index in [2.05, 4.69) is 0 Å². The van der Waals surface area contributed by atoms with Gasteiger partial charge in [-0.15, -0.1) is 12.4 Å². The van der Waals surface area contributed by atoms with Crippen molar-refractivity contribution in [1.82, 2.24) is 4.90 Å². The monoisotopic (exact) mass is 324 g/mol. The molecule has 0 spiro atoms. The Balaban J connectivity index is 0.00000242. The third-order valence-electron chi connectivity index (χ3n) is 3.23. The molecular formula is C16H21ClN2O3. The molecule has 1 aromatic carbocycles. The zero-order valence-electron chi connectivity index (χ0n) is 12.7. The van der Waals surface area contributed by atoms with E-state index in [4.69, 9.17) is 14.9 Å². The smallest absolute Gasteiger partial charge is 0.256 e. The number of hydrogen-bond acceptors (Lipinski definition) is 4. The Bertz CT molecular complexity index is 613. The zero-order chi connectivity index (χ0) is 15.2. The normalized spacial score (nSPS) is 9.95. The number of aryl methyl sites for hydroxylation is 1. The molecule has 0 bridgehead atoms. The lowest BCUT2D eigenvalue weighted by atomic mass is 10.2. The third kappa shape index (κ3) is 4.51. The second-order valence-corrected chi connectivity index (χ2v) is 4.85. The number of benzene rings is 1. The summed E-state index contributed by atoms with van der Waals surface area (Å²) in [6, 6.07) is 9.47. The predicted octanol–water partition coefficient (Wildman–Crippen LogP) is 2.62. The first-order chi connectivity index (χ1) is 10.1. The lowest BCUT2D eigenvalue weighted by molar-refractivity contribution is 0.0773. The molecule has 2 N–H and O–H groups in total. The number of nitrogens with zero attached hydrogens (tertiary/aromatic N) is 1. The number of carbonyl (C=O) groups excluding carboxylic acids is 1. The van der Waals surface area contributed by atoms with Crippen molar-refractivity contribution in [3.63, 3.8) is 0 Å². The van der Waals surface area contributed by atoms with Crippen molar-refractivity contribution in [3.05, 3.63) is 53.5 Å². The molecule has 22 heavy (non-hydrogen) atoms. The number of halogens is 1. The summed E-state index contributed by atoms with van der Waals surface area (Å²) in [6.45, 7) is 3.21. The molecule has 2 rings (SSSR count). The van der Waals surface area contributed by atoms with Gasteiger partial charge < -0.3 is 19.8 Å². The van der Waals surface area contributed by atoms with Crippen LogP contribution >= 0.6 is 12.4 Å². The summed E-state index contributed by atoms with van der Waals surface area (Å²) >= 11 is 0. The molecule has 1 amide bonds. The molecule has 0 saturated heterocycles. The standard InChI is InChI=1S/C16H20N2O3.ClH/c1-12-5-3-4-6-15(12)20-8-7-18(2)16(19)13-9-14(10-17)21-11-13;/h3-6,9,11H,7-8,10,17H2,1-2H3;1H. The topological polar surface area (TPSA) is 68.7 Å². The van der Waals surface area contributed by atoms with Crippen LogP contribution in [0.4, 0.5) is 0 Å². The van der Waals surface area contributed by atoms with Crippen LogP contribution in [-0.4, -0.2) is 31.0 Å². The maximum Gasteiger partial charge on any atom is 0.256 e. The lowest BCUT2D eigenvalue weighted by Crippen LogP contribution is -2.30. The maximum atomic E-state index is 12.2. The average molecular weight is 325 g/mol. The van der Waals surface area contributed by atoms with E-state index >= 15 is 0 Å². The van der Waals surface area contributed by atoms with E-state index in [1.165, 1.54) is 6.26 Å². The Labute approximate surface area is 136 Å². The number of likely N-dealkylation sites (N-methyl/N-ethyl adjacent to an activating group) is 1. The highest BCUT2D eigenvalue weighted by Gasteiger charge is 2.14. The number of nitrogens with two attached hydrogens (primary N) is 1. The largest absolute Gasteiger partial charge is 0.491 e. The van der Waals surface area contributed by atoms with Crippen LogP contribution in [0.1, 0.15) is 21.7 Å². The molecule has 0 aliphatic rings. The summed E-state index contributed by atoms with van der Waals surface area (Å²) in [7, 11) is 1.73. The number of furan rings is 1. The van der Waals surface area contributed by atoms with E-state index in [-0.39, 0.29) is 24.9 Å². The van der Waals surface area contributed by atoms with Gasteiger partial charge in [-0.1, -0.05) is 18.2 Å². The Hall–Kier alpha value is -1.98. The van der Waals surface area contributed by atoms with Crippen LogP contribution in [0.5, 0.6) is 5.75 Å². The van der Waals surface area contributed by atoms with Crippen LogP contribution in [0.2, 0.25) is 0 Å². The number of para-hydroxylation sites is 1. The first kappa shape index (κ1) is 18.1. The predicted molar refractivity (Wildman–Crippen MR) is 87.5 cm³/mol. The number of carbonyl (C=O) groups is 1. The average Bonchev–Trinajstić information content (AvgIpc) is 2.97. The van der Waals surface area contributed by atoms with E-state index in [0.29, 0.717) is 24.5 Å². The van der Waals surface area contributed by atoms with Gasteiger partial charge in [-0.05, 0) is 24.6 Å². The first-order valence-corrected chi connectivity index (χ1v) is 6.83. The van der Waals surface area contributed by atoms with E-state index < -0.39 is 0 Å². The molecule has 2 aromatic rings. The quantitative estimate of drug-likeness (QED) is 0.887. The van der Waals surface area contributed by atoms with Gasteiger partial charge in [-0.25, -0.2) is 0 Å². The van der Waals surface area contributed by atoms with E-state index in [1.54, 1.807) is 18.0 Å². The summed E-state index contributed by atoms with van der Waals surface area (Å²) in [5, 5.41) is 0. The van der Waals surface area contributed by atoms with Gasteiger partial charge in [0.15, 0.2) is 0 Å². The fraction of sp³-hybridized carbons (Fsp3) is 0.312. The molecule has 1 aromatic heterocycles. The summed E-state index contributed by atoms with van der Waals surface area (Å²) in [4.78, 5) is 13.8. The minimum Gasteiger partial charge on any atom is -0.491 e. The fourth-order valence-electron chi connectivity index (χ4n) is 1.93. The van der Waals surface area contributed by atoms with Crippen molar-refractivity contribution < 1.29 is 13.9 Å². The summed E-state index contributed by atoms with van der Waals surface area (Å²) < 4.78 is 10.9. The number of hydrogen-bond donors (Lipinski definition) is 1. The lowest BCUT2D eigenvalue weighted by Gasteiger charge is -2.17. The summed E-state index contributed by atoms with van der Waals surface area (Å²) in [6.07, 6.45) is 1.43. The molecule has 5 nitrogen and oxygen atoms in total. The number of rotatable bonds is 6. The van der Waals surface area contributed by atoms with Gasteiger partial charge in [0.2, 0.25) is 0 Å². The van der Waals surface area contributed by atoms with Gasteiger partial charge in [0, 0.05) is 7.05 Å². The number of ether oxygens (including phenoxy) is 1. The van der Waals surface area contributed by atoms with Crippen LogP contribution in [0.3, 0.4) is 0 Å². The highest BCUT2D eigenvalue weighted by Crippen LogP contribution is 2.16. The van der Waals surface area contributed by atoms with E-state index in [9.17, 15) is 4.79 Å². The molecule has 0 radical (unpaired) electrons. The molecule has 1 heterocycles. The van der Waals surface area contributed by atoms with E-state index in [1.807, 2.05) is 31.2 Å². The van der Waals surface area contributed by atoms with Crippen molar-refractivity contribution in [2.75, 3.05) is 20.2 Å². The third-order valence-corrected chi connectivity index (χ3v) is 3.23. The molecule has 0 atom stereocenters. The zero-order valence-corrected chi connectivity index (χ0v) is 13.6. The Kier molecular flexibility index (Phi) is 6.95. The summed E-state index contributed by atoms with van der Waals surface area (Å²) in [5.41, 5.74) is 7.05. The Morgan fingerprint density at radius 1 is 1.36 bits per heavy atom. The van der Waals surface area contributed by atoms with Crippen LogP contribution in [0, 0.1) is 6.92 Å². The molecule has 0 aliphatic carbocycles. The van der Waals surface area contributed by atoms with Crippen LogP contribution < -0.4 is 10.5 Å². The minimum atomic E-state index is -0.105. The highest BCUT2D eigenvalue weighted by atomic mass is 35.5. The first-order valence-electron chi connectivity index (χ1n) is 6.83. The van der Waals surface area contributed by atoms with Crippen molar-refractivity contribution in [3.8, 4) is 5.75 Å². The molecular weight excluding hydrogens is 304 g/mol. The molecule has 120 valence electrons. The maximum absolute atomic E-state index is 12.2. The van der Waals surface area contributed by atoms with Crippen molar-refractivity contribution in [2.24, 2.45) is 5.73 Å². The van der Waals surface area contributed by atoms with Gasteiger partial charge in [0.05, 0.1) is 18.7 Å². The van der Waals surface area contributed by atoms with Crippen LogP contribution in [-0.2, 0) is 6.54 Å². The Morgan fingerprint density at radius 2 is 2.09 bits per heavy atom. The van der Waals surface area contributed by atoms with Crippen molar-refractivity contribution in [1.29, 1.82) is 0 Å². The van der Waals surface area contributed by atoms with Gasteiger partial charge in [0.25, 0.3) is 5.91 Å². The van der Waals surface area contributed by atoms with E-state index in [0.717, 1.165) is 11.3 Å². The molecule has 0 saturated carbocycles. The molecule has 0 fully saturated rings.